The number of rotatable bonds is 4. The molecule has 1 aliphatic carbocycles. The van der Waals surface area contributed by atoms with Gasteiger partial charge in [0.15, 0.2) is 0 Å². The van der Waals surface area contributed by atoms with Crippen LogP contribution in [-0.2, 0) is 11.8 Å². The van der Waals surface area contributed by atoms with Gasteiger partial charge >= 0.3 is 0 Å². The van der Waals surface area contributed by atoms with Crippen molar-refractivity contribution in [1.82, 2.24) is 9.88 Å². The third-order valence-electron chi connectivity index (χ3n) is 3.52. The summed E-state index contributed by atoms with van der Waals surface area (Å²) in [5, 5.41) is 12.8. The molecule has 1 aromatic rings. The summed E-state index contributed by atoms with van der Waals surface area (Å²) in [4.78, 5) is 11.8. The maximum Gasteiger partial charge on any atom is 0.223 e. The van der Waals surface area contributed by atoms with E-state index in [9.17, 15) is 9.90 Å². The third-order valence-corrected chi connectivity index (χ3v) is 3.52. The van der Waals surface area contributed by atoms with E-state index >= 15 is 0 Å². The van der Waals surface area contributed by atoms with Gasteiger partial charge in [-0.2, -0.15) is 0 Å². The molecule has 17 heavy (non-hydrogen) atoms. The third kappa shape index (κ3) is 2.88. The van der Waals surface area contributed by atoms with Gasteiger partial charge in [0.1, 0.15) is 6.10 Å². The molecule has 1 amide bonds. The first-order valence-electron chi connectivity index (χ1n) is 6.25. The highest BCUT2D eigenvalue weighted by molar-refractivity contribution is 5.78. The fraction of sp³-hybridized carbons (Fsp3) is 0.615. The molecule has 94 valence electrons. The summed E-state index contributed by atoms with van der Waals surface area (Å²) >= 11 is 0. The summed E-state index contributed by atoms with van der Waals surface area (Å²) in [6.07, 6.45) is 5.55. The normalized spacial score (nSPS) is 18.2. The number of nitrogens with one attached hydrogen (secondary N) is 1. The number of nitrogens with zero attached hydrogens (tertiary/aromatic N) is 1. The van der Waals surface area contributed by atoms with Crippen LogP contribution in [0.2, 0.25) is 0 Å². The van der Waals surface area contributed by atoms with Crippen LogP contribution in [0.15, 0.2) is 18.3 Å². The molecular weight excluding hydrogens is 216 g/mol. The van der Waals surface area contributed by atoms with Gasteiger partial charge in [-0.1, -0.05) is 12.8 Å². The Morgan fingerprint density at radius 3 is 2.88 bits per heavy atom. The van der Waals surface area contributed by atoms with Gasteiger partial charge in [0.05, 0.1) is 0 Å². The van der Waals surface area contributed by atoms with E-state index in [4.69, 9.17) is 0 Å². The average molecular weight is 236 g/mol. The zero-order valence-corrected chi connectivity index (χ0v) is 10.2. The first kappa shape index (κ1) is 12.2. The Morgan fingerprint density at radius 1 is 1.59 bits per heavy atom. The Morgan fingerprint density at radius 2 is 2.29 bits per heavy atom. The Kier molecular flexibility index (Phi) is 3.84. The molecule has 0 aliphatic heterocycles. The molecule has 0 aromatic carbocycles. The minimum atomic E-state index is -0.625. The zero-order valence-electron chi connectivity index (χ0n) is 10.2. The van der Waals surface area contributed by atoms with Gasteiger partial charge in [-0.15, -0.1) is 0 Å². The van der Waals surface area contributed by atoms with Crippen LogP contribution in [0, 0.1) is 5.92 Å². The van der Waals surface area contributed by atoms with Crippen molar-refractivity contribution in [3.63, 3.8) is 0 Å². The predicted octanol–water partition coefficient (Wildman–Crippen LogP) is 1.36. The van der Waals surface area contributed by atoms with E-state index in [1.54, 1.807) is 0 Å². The van der Waals surface area contributed by atoms with E-state index < -0.39 is 6.10 Å². The van der Waals surface area contributed by atoms with Crippen molar-refractivity contribution >= 4 is 5.91 Å². The second kappa shape index (κ2) is 5.36. The molecule has 2 N–H and O–H groups in total. The monoisotopic (exact) mass is 236 g/mol. The van der Waals surface area contributed by atoms with Crippen molar-refractivity contribution in [2.45, 2.75) is 31.8 Å². The Balaban J connectivity index is 1.81. The van der Waals surface area contributed by atoms with Gasteiger partial charge in [0.25, 0.3) is 0 Å². The number of aromatic nitrogens is 1. The van der Waals surface area contributed by atoms with Crippen molar-refractivity contribution in [2.24, 2.45) is 13.0 Å². The summed E-state index contributed by atoms with van der Waals surface area (Å²) in [6.45, 7) is 0.299. The standard InChI is InChI=1S/C13H20N2O2/c1-15-8-4-7-11(15)12(16)9-14-13(17)10-5-2-3-6-10/h4,7-8,10,12,16H,2-3,5-6,9H2,1H3,(H,14,17)/t12-/m0/s1. The van der Waals surface area contributed by atoms with Gasteiger partial charge in [-0.25, -0.2) is 0 Å². The maximum atomic E-state index is 11.8. The van der Waals surface area contributed by atoms with Crippen molar-refractivity contribution in [3.05, 3.63) is 24.0 Å². The number of amides is 1. The molecule has 0 spiro atoms. The molecule has 1 aliphatic rings. The molecule has 0 radical (unpaired) electrons. The highest BCUT2D eigenvalue weighted by Gasteiger charge is 2.23. The Bertz CT molecular complexity index is 381. The molecule has 1 fully saturated rings. The highest BCUT2D eigenvalue weighted by atomic mass is 16.3. The lowest BCUT2D eigenvalue weighted by Gasteiger charge is -2.15. The summed E-state index contributed by atoms with van der Waals surface area (Å²) in [5.41, 5.74) is 0.830. The lowest BCUT2D eigenvalue weighted by atomic mass is 10.1. The minimum Gasteiger partial charge on any atom is -0.385 e. The number of hydrogen-bond donors (Lipinski definition) is 2. The van der Waals surface area contributed by atoms with Crippen LogP contribution < -0.4 is 5.32 Å². The van der Waals surface area contributed by atoms with Gasteiger partial charge < -0.3 is 15.0 Å². The molecule has 0 unspecified atom stereocenters. The second-order valence-electron chi connectivity index (χ2n) is 4.79. The lowest BCUT2D eigenvalue weighted by Crippen LogP contribution is -2.33. The van der Waals surface area contributed by atoms with Crippen LogP contribution in [-0.4, -0.2) is 22.1 Å². The molecule has 1 atom stereocenters. The zero-order chi connectivity index (χ0) is 12.3. The van der Waals surface area contributed by atoms with Crippen LogP contribution in [0.4, 0.5) is 0 Å². The largest absolute Gasteiger partial charge is 0.385 e. The lowest BCUT2D eigenvalue weighted by molar-refractivity contribution is -0.125. The van der Waals surface area contributed by atoms with E-state index in [-0.39, 0.29) is 11.8 Å². The van der Waals surface area contributed by atoms with Crippen LogP contribution in [0.25, 0.3) is 0 Å². The molecular formula is C13H20N2O2. The summed E-state index contributed by atoms with van der Waals surface area (Å²) in [7, 11) is 1.89. The van der Waals surface area contributed by atoms with Gasteiger partial charge in [0.2, 0.25) is 5.91 Å². The van der Waals surface area contributed by atoms with E-state index in [0.717, 1.165) is 31.4 Å². The van der Waals surface area contributed by atoms with E-state index in [2.05, 4.69) is 5.32 Å². The van der Waals surface area contributed by atoms with Gasteiger partial charge in [-0.05, 0) is 25.0 Å². The van der Waals surface area contributed by atoms with Crippen molar-refractivity contribution in [3.8, 4) is 0 Å². The summed E-state index contributed by atoms with van der Waals surface area (Å²) in [6, 6.07) is 3.75. The highest BCUT2D eigenvalue weighted by Crippen LogP contribution is 2.24. The van der Waals surface area contributed by atoms with Crippen LogP contribution in [0.1, 0.15) is 37.5 Å². The molecule has 1 aromatic heterocycles. The first-order valence-corrected chi connectivity index (χ1v) is 6.25. The molecule has 4 nitrogen and oxygen atoms in total. The number of aliphatic hydroxyl groups excluding tert-OH is 1. The molecule has 4 heteroatoms. The van der Waals surface area contributed by atoms with Crippen molar-refractivity contribution in [1.29, 1.82) is 0 Å². The van der Waals surface area contributed by atoms with E-state index in [1.807, 2.05) is 29.9 Å². The molecule has 0 saturated heterocycles. The summed E-state index contributed by atoms with van der Waals surface area (Å²) < 4.78 is 1.87. The van der Waals surface area contributed by atoms with Gasteiger partial charge in [0, 0.05) is 31.4 Å². The predicted molar refractivity (Wildman–Crippen MR) is 65.3 cm³/mol. The number of aliphatic hydroxyl groups is 1. The SMILES string of the molecule is Cn1cccc1[C@@H](O)CNC(=O)C1CCCC1. The number of carbonyl (C=O) groups excluding carboxylic acids is 1. The molecule has 2 rings (SSSR count). The molecule has 1 heterocycles. The average Bonchev–Trinajstić information content (AvgIpc) is 2.95. The first-order chi connectivity index (χ1) is 8.18. The maximum absolute atomic E-state index is 11.8. The molecule has 0 bridgehead atoms. The van der Waals surface area contributed by atoms with Crippen molar-refractivity contribution in [2.75, 3.05) is 6.54 Å². The van der Waals surface area contributed by atoms with Crippen LogP contribution >= 0.6 is 0 Å². The van der Waals surface area contributed by atoms with Crippen molar-refractivity contribution < 1.29 is 9.90 Å². The quantitative estimate of drug-likeness (QED) is 0.829. The topological polar surface area (TPSA) is 54.3 Å². The fourth-order valence-electron chi connectivity index (χ4n) is 2.45. The van der Waals surface area contributed by atoms with Crippen LogP contribution in [0.5, 0.6) is 0 Å². The van der Waals surface area contributed by atoms with Crippen LogP contribution in [0.3, 0.4) is 0 Å². The number of aryl methyl sites for hydroxylation is 1. The fourth-order valence-corrected chi connectivity index (χ4v) is 2.45. The Labute approximate surface area is 102 Å². The minimum absolute atomic E-state index is 0.0933. The number of carbonyl (C=O) groups is 1. The van der Waals surface area contributed by atoms with E-state index in [0.29, 0.717) is 6.54 Å². The van der Waals surface area contributed by atoms with Gasteiger partial charge in [-0.3, -0.25) is 4.79 Å². The molecule has 1 saturated carbocycles. The summed E-state index contributed by atoms with van der Waals surface area (Å²) in [5.74, 6) is 0.256. The smallest absolute Gasteiger partial charge is 0.223 e. The number of hydrogen-bond acceptors (Lipinski definition) is 2. The second-order valence-corrected chi connectivity index (χ2v) is 4.79. The van der Waals surface area contributed by atoms with E-state index in [1.165, 1.54) is 0 Å². The Hall–Kier alpha value is -1.29.